The highest BCUT2D eigenvalue weighted by atomic mass is 32.2. The fraction of sp³-hybridized carbons (Fsp3) is 0.200. The van der Waals surface area contributed by atoms with Gasteiger partial charge in [0, 0.05) is 24.2 Å². The van der Waals surface area contributed by atoms with Crippen LogP contribution in [0.3, 0.4) is 0 Å². The van der Waals surface area contributed by atoms with Crippen LogP contribution >= 0.6 is 0 Å². The standard InChI is InChI=1S/C25H24N4O4S/c1-16-2-4-17(5-3-16)15-26-19-8-11-21(12-9-19)34(31,32)33-20-10-13-22-23(14-20)28-25(27-22)29-24(30)18-6-7-18/h2-5,8-14,18,26H,6-7,15H2,1H3,(H2,27,28,29,30). The number of aromatic nitrogens is 2. The fourth-order valence-electron chi connectivity index (χ4n) is 3.49. The molecule has 0 unspecified atom stereocenters. The third-order valence-corrected chi connectivity index (χ3v) is 6.87. The SMILES string of the molecule is Cc1ccc(CNc2ccc(S(=O)(=O)Oc3ccc4[nH]c(NC(=O)C5CC5)nc4c3)cc2)cc1. The average molecular weight is 477 g/mol. The predicted octanol–water partition coefficient (Wildman–Crippen LogP) is 4.60. The Bertz CT molecular complexity index is 1440. The molecule has 1 aromatic heterocycles. The van der Waals surface area contributed by atoms with Gasteiger partial charge in [-0.1, -0.05) is 29.8 Å². The van der Waals surface area contributed by atoms with Crippen molar-refractivity contribution in [1.29, 1.82) is 0 Å². The summed E-state index contributed by atoms with van der Waals surface area (Å²) in [7, 11) is -4.02. The van der Waals surface area contributed by atoms with Gasteiger partial charge in [-0.05, 0) is 61.7 Å². The number of nitrogens with zero attached hydrogens (tertiary/aromatic N) is 1. The van der Waals surface area contributed by atoms with Crippen LogP contribution in [0.1, 0.15) is 24.0 Å². The number of H-pyrrole nitrogens is 1. The molecule has 1 heterocycles. The second-order valence-electron chi connectivity index (χ2n) is 8.43. The highest BCUT2D eigenvalue weighted by Crippen LogP contribution is 2.30. The molecule has 3 N–H and O–H groups in total. The van der Waals surface area contributed by atoms with E-state index in [4.69, 9.17) is 4.18 Å². The van der Waals surface area contributed by atoms with Crippen molar-refractivity contribution in [3.8, 4) is 5.75 Å². The number of carbonyl (C=O) groups excluding carboxylic acids is 1. The Hall–Kier alpha value is -3.85. The largest absolute Gasteiger partial charge is 0.381 e. The maximum atomic E-state index is 12.8. The molecule has 3 aromatic carbocycles. The molecular weight excluding hydrogens is 452 g/mol. The van der Waals surface area contributed by atoms with Crippen molar-refractivity contribution in [2.75, 3.05) is 10.6 Å². The van der Waals surface area contributed by atoms with Gasteiger partial charge in [-0.3, -0.25) is 10.1 Å². The van der Waals surface area contributed by atoms with Gasteiger partial charge in [-0.15, -0.1) is 0 Å². The zero-order chi connectivity index (χ0) is 23.7. The number of aryl methyl sites for hydroxylation is 1. The van der Waals surface area contributed by atoms with Crippen LogP contribution in [0.25, 0.3) is 11.0 Å². The lowest BCUT2D eigenvalue weighted by atomic mass is 10.1. The number of imidazole rings is 1. The van der Waals surface area contributed by atoms with Crippen molar-refractivity contribution in [3.05, 3.63) is 77.9 Å². The van der Waals surface area contributed by atoms with Crippen LogP contribution in [0.5, 0.6) is 5.75 Å². The molecule has 1 saturated carbocycles. The number of nitrogens with one attached hydrogen (secondary N) is 3. The predicted molar refractivity (Wildman–Crippen MR) is 130 cm³/mol. The molecule has 0 bridgehead atoms. The van der Waals surface area contributed by atoms with Gasteiger partial charge in [0.25, 0.3) is 0 Å². The normalized spacial score (nSPS) is 13.6. The van der Waals surface area contributed by atoms with Crippen molar-refractivity contribution in [1.82, 2.24) is 9.97 Å². The molecule has 0 atom stereocenters. The molecule has 0 spiro atoms. The molecule has 0 aliphatic heterocycles. The van der Waals surface area contributed by atoms with Gasteiger partial charge >= 0.3 is 10.1 Å². The topological polar surface area (TPSA) is 113 Å². The summed E-state index contributed by atoms with van der Waals surface area (Å²) in [6, 6.07) is 19.4. The number of hydrogen-bond acceptors (Lipinski definition) is 6. The van der Waals surface area contributed by atoms with Crippen LogP contribution in [-0.2, 0) is 21.5 Å². The average Bonchev–Trinajstić information content (AvgIpc) is 3.60. The number of hydrogen-bond donors (Lipinski definition) is 3. The first kappa shape index (κ1) is 22.0. The lowest BCUT2D eigenvalue weighted by molar-refractivity contribution is -0.117. The molecule has 1 aliphatic rings. The van der Waals surface area contributed by atoms with Crippen LogP contribution in [0.2, 0.25) is 0 Å². The van der Waals surface area contributed by atoms with E-state index >= 15 is 0 Å². The van der Waals surface area contributed by atoms with E-state index in [2.05, 4.69) is 44.9 Å². The Morgan fingerprint density at radius 3 is 2.50 bits per heavy atom. The Balaban J connectivity index is 1.25. The Labute approximate surface area is 197 Å². The number of fused-ring (bicyclic) bond motifs is 1. The second-order valence-corrected chi connectivity index (χ2v) is 9.98. The molecule has 0 radical (unpaired) electrons. The Kier molecular flexibility index (Phi) is 5.70. The van der Waals surface area contributed by atoms with Crippen molar-refractivity contribution in [3.63, 3.8) is 0 Å². The molecule has 9 heteroatoms. The number of anilines is 2. The Morgan fingerprint density at radius 2 is 1.79 bits per heavy atom. The van der Waals surface area contributed by atoms with Crippen molar-refractivity contribution in [2.24, 2.45) is 5.92 Å². The first-order valence-corrected chi connectivity index (χ1v) is 12.4. The lowest BCUT2D eigenvalue weighted by Crippen LogP contribution is -2.14. The van der Waals surface area contributed by atoms with Crippen molar-refractivity contribution in [2.45, 2.75) is 31.2 Å². The highest BCUT2D eigenvalue weighted by molar-refractivity contribution is 7.87. The lowest BCUT2D eigenvalue weighted by Gasteiger charge is -2.09. The number of carbonyl (C=O) groups is 1. The first-order valence-electron chi connectivity index (χ1n) is 11.0. The summed E-state index contributed by atoms with van der Waals surface area (Å²) in [4.78, 5) is 19.3. The summed E-state index contributed by atoms with van der Waals surface area (Å²) in [6.07, 6.45) is 1.79. The zero-order valence-corrected chi connectivity index (χ0v) is 19.4. The van der Waals surface area contributed by atoms with Gasteiger partial charge in [-0.25, -0.2) is 4.98 Å². The van der Waals surface area contributed by atoms with Crippen LogP contribution in [-0.4, -0.2) is 24.3 Å². The van der Waals surface area contributed by atoms with Crippen molar-refractivity contribution < 1.29 is 17.4 Å². The maximum absolute atomic E-state index is 12.8. The molecule has 0 saturated heterocycles. The highest BCUT2D eigenvalue weighted by Gasteiger charge is 2.30. The third-order valence-electron chi connectivity index (χ3n) is 5.61. The van der Waals surface area contributed by atoms with E-state index in [1.165, 1.54) is 23.8 Å². The minimum Gasteiger partial charge on any atom is -0.381 e. The molecule has 4 aromatic rings. The second kappa shape index (κ2) is 8.83. The molecule has 1 amide bonds. The zero-order valence-electron chi connectivity index (χ0n) is 18.5. The monoisotopic (exact) mass is 476 g/mol. The van der Waals surface area contributed by atoms with Gasteiger partial charge in [0.15, 0.2) is 0 Å². The molecule has 34 heavy (non-hydrogen) atoms. The molecule has 8 nitrogen and oxygen atoms in total. The Morgan fingerprint density at radius 1 is 1.06 bits per heavy atom. The van der Waals surface area contributed by atoms with Gasteiger partial charge < -0.3 is 14.5 Å². The van der Waals surface area contributed by atoms with E-state index in [-0.39, 0.29) is 22.5 Å². The number of aromatic amines is 1. The van der Waals surface area contributed by atoms with Gasteiger partial charge in [0.05, 0.1) is 11.0 Å². The van der Waals surface area contributed by atoms with Gasteiger partial charge in [0.1, 0.15) is 10.6 Å². The third kappa shape index (κ3) is 5.04. The van der Waals surface area contributed by atoms with E-state index in [9.17, 15) is 13.2 Å². The quantitative estimate of drug-likeness (QED) is 0.320. The van der Waals surface area contributed by atoms with E-state index < -0.39 is 10.1 Å². The number of amides is 1. The number of rotatable bonds is 8. The fourth-order valence-corrected chi connectivity index (χ4v) is 4.41. The summed E-state index contributed by atoms with van der Waals surface area (Å²) in [5.74, 6) is 0.470. The summed E-state index contributed by atoms with van der Waals surface area (Å²) < 4.78 is 30.9. The molecular formula is C25H24N4O4S. The van der Waals surface area contributed by atoms with Crippen LogP contribution < -0.4 is 14.8 Å². The minimum atomic E-state index is -4.02. The van der Waals surface area contributed by atoms with Gasteiger partial charge in [0.2, 0.25) is 11.9 Å². The van der Waals surface area contributed by atoms with Crippen LogP contribution in [0.4, 0.5) is 11.6 Å². The minimum absolute atomic E-state index is 0.0490. The molecule has 174 valence electrons. The molecule has 1 aliphatic carbocycles. The van der Waals surface area contributed by atoms with Crippen molar-refractivity contribution >= 4 is 38.7 Å². The smallest absolute Gasteiger partial charge is 0.339 e. The molecule has 1 fully saturated rings. The summed E-state index contributed by atoms with van der Waals surface area (Å²) in [5, 5.41) is 6.02. The first-order chi connectivity index (χ1) is 16.4. The summed E-state index contributed by atoms with van der Waals surface area (Å²) in [5.41, 5.74) is 4.30. The van der Waals surface area contributed by atoms with Gasteiger partial charge in [-0.2, -0.15) is 8.42 Å². The summed E-state index contributed by atoms with van der Waals surface area (Å²) >= 11 is 0. The number of benzene rings is 3. The van der Waals surface area contributed by atoms with E-state index in [0.717, 1.165) is 24.1 Å². The molecule has 5 rings (SSSR count). The van der Waals surface area contributed by atoms with Crippen LogP contribution in [0.15, 0.2) is 71.6 Å². The van der Waals surface area contributed by atoms with E-state index in [0.29, 0.717) is 23.5 Å². The van der Waals surface area contributed by atoms with E-state index in [1.807, 2.05) is 6.92 Å². The van der Waals surface area contributed by atoms with E-state index in [1.54, 1.807) is 24.3 Å². The van der Waals surface area contributed by atoms with Crippen LogP contribution in [0, 0.1) is 12.8 Å². The summed E-state index contributed by atoms with van der Waals surface area (Å²) in [6.45, 7) is 2.67. The maximum Gasteiger partial charge on any atom is 0.339 e.